The van der Waals surface area contributed by atoms with Crippen LogP contribution in [0.3, 0.4) is 0 Å². The van der Waals surface area contributed by atoms with Gasteiger partial charge >= 0.3 is 0 Å². The highest BCUT2D eigenvalue weighted by Crippen LogP contribution is 2.35. The molecule has 1 heterocycles. The van der Waals surface area contributed by atoms with Gasteiger partial charge in [0, 0.05) is 23.7 Å². The van der Waals surface area contributed by atoms with Gasteiger partial charge < -0.3 is 9.32 Å². The van der Waals surface area contributed by atoms with E-state index >= 15 is 0 Å². The van der Waals surface area contributed by atoms with Crippen molar-refractivity contribution in [2.45, 2.75) is 31.8 Å². The van der Waals surface area contributed by atoms with Crippen LogP contribution in [0, 0.1) is 10.1 Å². The minimum absolute atomic E-state index is 0.0198. The lowest BCUT2D eigenvalue weighted by molar-refractivity contribution is -0.384. The van der Waals surface area contributed by atoms with Crippen LogP contribution in [0.15, 0.2) is 47.1 Å². The topological polar surface area (TPSA) is 76.6 Å². The summed E-state index contributed by atoms with van der Waals surface area (Å²) in [6.07, 6.45) is 3.54. The van der Waals surface area contributed by atoms with Gasteiger partial charge in [0.05, 0.1) is 17.2 Å². The van der Waals surface area contributed by atoms with Gasteiger partial charge in [-0.25, -0.2) is 0 Å². The number of amides is 1. The zero-order chi connectivity index (χ0) is 15.7. The van der Waals surface area contributed by atoms with Crippen molar-refractivity contribution in [1.29, 1.82) is 0 Å². The summed E-state index contributed by atoms with van der Waals surface area (Å²) in [5, 5.41) is 10.7. The molecule has 22 heavy (non-hydrogen) atoms. The predicted octanol–water partition coefficient (Wildman–Crippen LogP) is 3.55. The van der Waals surface area contributed by atoms with E-state index in [1.807, 2.05) is 13.0 Å². The summed E-state index contributed by atoms with van der Waals surface area (Å²) in [4.78, 5) is 24.8. The second kappa shape index (κ2) is 5.63. The standard InChI is InChI=1S/C16H16N2O4/c1-11(15-3-2-10-22-15)17(13-8-9-13)16(19)12-4-6-14(7-5-12)18(20)21/h2-7,10-11,13H,8-9H2,1H3. The predicted molar refractivity (Wildman–Crippen MR) is 79.4 cm³/mol. The van der Waals surface area contributed by atoms with E-state index in [0.717, 1.165) is 18.6 Å². The number of furan rings is 1. The molecule has 114 valence electrons. The van der Waals surface area contributed by atoms with Crippen LogP contribution in [0.1, 0.15) is 41.9 Å². The van der Waals surface area contributed by atoms with Crippen LogP contribution in [0.4, 0.5) is 5.69 Å². The van der Waals surface area contributed by atoms with Gasteiger partial charge in [-0.15, -0.1) is 0 Å². The van der Waals surface area contributed by atoms with Gasteiger partial charge in [-0.2, -0.15) is 0 Å². The lowest BCUT2D eigenvalue weighted by Crippen LogP contribution is -2.35. The van der Waals surface area contributed by atoms with E-state index in [1.54, 1.807) is 17.2 Å². The van der Waals surface area contributed by atoms with Crippen molar-refractivity contribution in [3.05, 3.63) is 64.1 Å². The second-order valence-corrected chi connectivity index (χ2v) is 5.44. The normalized spacial score (nSPS) is 15.3. The number of rotatable bonds is 5. The Balaban J connectivity index is 1.85. The highest BCUT2D eigenvalue weighted by molar-refractivity contribution is 5.95. The molecule has 1 aromatic carbocycles. The average Bonchev–Trinajstić information content (AvgIpc) is 3.19. The summed E-state index contributed by atoms with van der Waals surface area (Å²) in [6.45, 7) is 1.93. The molecule has 1 saturated carbocycles. The summed E-state index contributed by atoms with van der Waals surface area (Å²) >= 11 is 0. The molecule has 0 spiro atoms. The first-order valence-electron chi connectivity index (χ1n) is 7.18. The summed E-state index contributed by atoms with van der Waals surface area (Å²) in [5.41, 5.74) is 0.435. The van der Waals surface area contributed by atoms with E-state index in [-0.39, 0.29) is 23.7 Å². The van der Waals surface area contributed by atoms with Crippen molar-refractivity contribution in [3.63, 3.8) is 0 Å². The zero-order valence-corrected chi connectivity index (χ0v) is 12.1. The van der Waals surface area contributed by atoms with E-state index in [4.69, 9.17) is 4.42 Å². The van der Waals surface area contributed by atoms with Crippen LogP contribution < -0.4 is 0 Å². The summed E-state index contributed by atoms with van der Waals surface area (Å²) in [6, 6.07) is 9.42. The number of hydrogen-bond donors (Lipinski definition) is 0. The van der Waals surface area contributed by atoms with E-state index < -0.39 is 4.92 Å². The maximum absolute atomic E-state index is 12.8. The Hall–Kier alpha value is -2.63. The third kappa shape index (κ3) is 2.72. The lowest BCUT2D eigenvalue weighted by Gasteiger charge is -2.28. The van der Waals surface area contributed by atoms with Crippen molar-refractivity contribution in [1.82, 2.24) is 4.90 Å². The van der Waals surface area contributed by atoms with Crippen LogP contribution >= 0.6 is 0 Å². The van der Waals surface area contributed by atoms with Crippen LogP contribution in [0.2, 0.25) is 0 Å². The first-order chi connectivity index (χ1) is 10.6. The van der Waals surface area contributed by atoms with Crippen molar-refractivity contribution in [2.24, 2.45) is 0 Å². The Morgan fingerprint density at radius 1 is 1.32 bits per heavy atom. The Labute approximate surface area is 127 Å². The Morgan fingerprint density at radius 3 is 2.50 bits per heavy atom. The fourth-order valence-electron chi connectivity index (χ4n) is 2.55. The molecule has 2 aromatic rings. The van der Waals surface area contributed by atoms with Crippen molar-refractivity contribution >= 4 is 11.6 Å². The molecule has 0 N–H and O–H groups in total. The molecule has 1 fully saturated rings. The number of nitro benzene ring substituents is 1. The fourth-order valence-corrected chi connectivity index (χ4v) is 2.55. The highest BCUT2D eigenvalue weighted by atomic mass is 16.6. The molecular weight excluding hydrogens is 284 g/mol. The SMILES string of the molecule is CC(c1ccco1)N(C(=O)c1ccc([N+](=O)[O-])cc1)C1CC1. The van der Waals surface area contributed by atoms with E-state index in [1.165, 1.54) is 24.3 Å². The van der Waals surface area contributed by atoms with E-state index in [0.29, 0.717) is 5.56 Å². The highest BCUT2D eigenvalue weighted by Gasteiger charge is 2.37. The van der Waals surface area contributed by atoms with Gasteiger partial charge in [0.15, 0.2) is 0 Å². The molecule has 0 aliphatic heterocycles. The number of benzene rings is 1. The van der Waals surface area contributed by atoms with Crippen LogP contribution in [-0.4, -0.2) is 21.8 Å². The number of nitrogens with zero attached hydrogens (tertiary/aromatic N) is 2. The maximum Gasteiger partial charge on any atom is 0.269 e. The van der Waals surface area contributed by atoms with Crippen molar-refractivity contribution in [2.75, 3.05) is 0 Å². The van der Waals surface area contributed by atoms with Crippen molar-refractivity contribution < 1.29 is 14.1 Å². The smallest absolute Gasteiger partial charge is 0.269 e. The molecule has 1 aliphatic rings. The number of hydrogen-bond acceptors (Lipinski definition) is 4. The Kier molecular flexibility index (Phi) is 3.66. The zero-order valence-electron chi connectivity index (χ0n) is 12.1. The second-order valence-electron chi connectivity index (χ2n) is 5.44. The molecule has 0 radical (unpaired) electrons. The third-order valence-electron chi connectivity index (χ3n) is 3.87. The van der Waals surface area contributed by atoms with Crippen LogP contribution in [0.25, 0.3) is 0 Å². The summed E-state index contributed by atoms with van der Waals surface area (Å²) in [7, 11) is 0. The Bertz CT molecular complexity index is 675. The quantitative estimate of drug-likeness (QED) is 0.625. The minimum atomic E-state index is -0.474. The van der Waals surface area contributed by atoms with Gasteiger partial charge in [0.2, 0.25) is 0 Å². The van der Waals surface area contributed by atoms with E-state index in [9.17, 15) is 14.9 Å². The summed E-state index contributed by atoms with van der Waals surface area (Å²) in [5.74, 6) is 0.614. The van der Waals surface area contributed by atoms with Gasteiger partial charge in [0.1, 0.15) is 5.76 Å². The van der Waals surface area contributed by atoms with Gasteiger partial charge in [-0.3, -0.25) is 14.9 Å². The first kappa shape index (κ1) is 14.3. The molecule has 6 heteroatoms. The number of nitro groups is 1. The molecule has 1 unspecified atom stereocenters. The summed E-state index contributed by atoms with van der Waals surface area (Å²) < 4.78 is 5.41. The molecule has 1 aromatic heterocycles. The molecule has 1 atom stereocenters. The fraction of sp³-hybridized carbons (Fsp3) is 0.312. The van der Waals surface area contributed by atoms with Gasteiger partial charge in [-0.1, -0.05) is 0 Å². The number of carbonyl (C=O) groups is 1. The first-order valence-corrected chi connectivity index (χ1v) is 7.18. The third-order valence-corrected chi connectivity index (χ3v) is 3.87. The molecule has 1 amide bonds. The molecule has 3 rings (SSSR count). The van der Waals surface area contributed by atoms with Gasteiger partial charge in [-0.05, 0) is 44.0 Å². The molecule has 6 nitrogen and oxygen atoms in total. The molecule has 1 aliphatic carbocycles. The van der Waals surface area contributed by atoms with Crippen LogP contribution in [-0.2, 0) is 0 Å². The maximum atomic E-state index is 12.8. The van der Waals surface area contributed by atoms with E-state index in [2.05, 4.69) is 0 Å². The average molecular weight is 300 g/mol. The molecular formula is C16H16N2O4. The minimum Gasteiger partial charge on any atom is -0.467 e. The largest absolute Gasteiger partial charge is 0.467 e. The Morgan fingerprint density at radius 2 is 2.00 bits per heavy atom. The number of non-ortho nitro benzene ring substituents is 1. The monoisotopic (exact) mass is 300 g/mol. The number of carbonyl (C=O) groups excluding carboxylic acids is 1. The lowest BCUT2D eigenvalue weighted by atomic mass is 10.1. The van der Waals surface area contributed by atoms with Crippen LogP contribution in [0.5, 0.6) is 0 Å². The van der Waals surface area contributed by atoms with Gasteiger partial charge in [0.25, 0.3) is 11.6 Å². The molecule has 0 bridgehead atoms. The molecule has 0 saturated heterocycles. The van der Waals surface area contributed by atoms with Crippen molar-refractivity contribution in [3.8, 4) is 0 Å².